The first-order chi connectivity index (χ1) is 8.04. The molecule has 0 radical (unpaired) electrons. The number of rotatable bonds is 5. The molecule has 1 aromatic heterocycles. The van der Waals surface area contributed by atoms with E-state index in [1.165, 1.54) is 0 Å². The van der Waals surface area contributed by atoms with Crippen molar-refractivity contribution in [2.75, 3.05) is 6.54 Å². The Morgan fingerprint density at radius 1 is 1.76 bits per heavy atom. The lowest BCUT2D eigenvalue weighted by Crippen LogP contribution is -2.14. The number of hydrazone groups is 1. The van der Waals surface area contributed by atoms with Gasteiger partial charge in [-0.1, -0.05) is 17.7 Å². The molecule has 1 rings (SSSR count). The first-order valence-corrected chi connectivity index (χ1v) is 6.18. The number of carboxylic acid groups (broad SMARTS) is 1. The molecular formula is C11H13ClN2O2S. The number of carbonyl (C=O) groups is 1. The molecule has 4 nitrogen and oxygen atoms in total. The summed E-state index contributed by atoms with van der Waals surface area (Å²) in [5.74, 6) is -0.979. The van der Waals surface area contributed by atoms with Gasteiger partial charge in [0.1, 0.15) is 9.21 Å². The van der Waals surface area contributed by atoms with E-state index in [9.17, 15) is 4.79 Å². The second-order valence-electron chi connectivity index (χ2n) is 3.13. The Morgan fingerprint density at radius 3 is 2.76 bits per heavy atom. The van der Waals surface area contributed by atoms with Gasteiger partial charge in [0.15, 0.2) is 0 Å². The summed E-state index contributed by atoms with van der Waals surface area (Å²) >= 11 is 7.09. The van der Waals surface area contributed by atoms with Gasteiger partial charge in [0.05, 0.1) is 5.70 Å². The first-order valence-electron chi connectivity index (χ1n) is 4.98. The third kappa shape index (κ3) is 2.87. The lowest BCUT2D eigenvalue weighted by atomic mass is 10.2. The van der Waals surface area contributed by atoms with Crippen LogP contribution >= 0.6 is 22.9 Å². The molecule has 0 spiro atoms. The van der Waals surface area contributed by atoms with Crippen LogP contribution in [0.5, 0.6) is 0 Å². The van der Waals surface area contributed by atoms with Gasteiger partial charge >= 0.3 is 5.97 Å². The van der Waals surface area contributed by atoms with Gasteiger partial charge in [-0.05, 0) is 19.9 Å². The second-order valence-corrected chi connectivity index (χ2v) is 4.79. The molecule has 0 saturated heterocycles. The van der Waals surface area contributed by atoms with Crippen LogP contribution < -0.4 is 0 Å². The van der Waals surface area contributed by atoms with E-state index in [0.717, 1.165) is 17.0 Å². The minimum atomic E-state index is -0.979. The lowest BCUT2D eigenvalue weighted by molar-refractivity contribution is 0.0702. The normalized spacial score (nSPS) is 11.4. The predicted molar refractivity (Wildman–Crippen MR) is 71.9 cm³/mol. The molecular weight excluding hydrogens is 260 g/mol. The Morgan fingerprint density at radius 2 is 2.41 bits per heavy atom. The van der Waals surface area contributed by atoms with Crippen LogP contribution in [-0.4, -0.2) is 29.3 Å². The van der Waals surface area contributed by atoms with Crippen molar-refractivity contribution in [2.24, 2.45) is 5.10 Å². The van der Waals surface area contributed by atoms with Gasteiger partial charge in [0.25, 0.3) is 0 Å². The van der Waals surface area contributed by atoms with Crippen molar-refractivity contribution >= 4 is 41.3 Å². The van der Waals surface area contributed by atoms with Gasteiger partial charge < -0.3 is 5.11 Å². The monoisotopic (exact) mass is 272 g/mol. The summed E-state index contributed by atoms with van der Waals surface area (Å²) in [5.41, 5.74) is 1.43. The fourth-order valence-electron chi connectivity index (χ4n) is 1.44. The van der Waals surface area contributed by atoms with E-state index in [1.807, 2.05) is 19.9 Å². The van der Waals surface area contributed by atoms with E-state index < -0.39 is 5.97 Å². The summed E-state index contributed by atoms with van der Waals surface area (Å²) in [7, 11) is 0. The fraction of sp³-hybridized carbons (Fsp3) is 0.273. The van der Waals surface area contributed by atoms with Crippen molar-refractivity contribution in [1.29, 1.82) is 0 Å². The average molecular weight is 273 g/mol. The first kappa shape index (κ1) is 13.7. The number of carboxylic acids is 1. The molecule has 1 heterocycles. The Balaban J connectivity index is 3.21. The largest absolute Gasteiger partial charge is 0.477 e. The van der Waals surface area contributed by atoms with Gasteiger partial charge in [0, 0.05) is 18.8 Å². The zero-order valence-electron chi connectivity index (χ0n) is 9.61. The van der Waals surface area contributed by atoms with Crippen molar-refractivity contribution in [1.82, 2.24) is 5.01 Å². The highest BCUT2D eigenvalue weighted by atomic mass is 35.5. The number of thiophene rings is 1. The summed E-state index contributed by atoms with van der Waals surface area (Å²) in [5, 5.41) is 14.4. The topological polar surface area (TPSA) is 52.9 Å². The highest BCUT2D eigenvalue weighted by molar-refractivity contribution is 7.18. The molecule has 0 bridgehead atoms. The van der Waals surface area contributed by atoms with E-state index in [4.69, 9.17) is 16.7 Å². The van der Waals surface area contributed by atoms with E-state index in [2.05, 4.69) is 11.8 Å². The summed E-state index contributed by atoms with van der Waals surface area (Å²) in [6, 6.07) is 1.55. The Hall–Kier alpha value is -1.33. The van der Waals surface area contributed by atoms with Crippen LogP contribution in [0.1, 0.15) is 29.1 Å². The van der Waals surface area contributed by atoms with E-state index in [-0.39, 0.29) is 4.88 Å². The van der Waals surface area contributed by atoms with E-state index in [0.29, 0.717) is 16.4 Å². The van der Waals surface area contributed by atoms with Crippen LogP contribution in [0.25, 0.3) is 5.70 Å². The van der Waals surface area contributed by atoms with Crippen molar-refractivity contribution in [3.8, 4) is 0 Å². The quantitative estimate of drug-likeness (QED) is 0.660. The Bertz CT molecular complexity index is 468. The molecule has 0 aliphatic heterocycles. The summed E-state index contributed by atoms with van der Waals surface area (Å²) in [6.07, 6.45) is 1.83. The van der Waals surface area contributed by atoms with Crippen LogP contribution in [0.3, 0.4) is 0 Å². The Kier molecular flexibility index (Phi) is 4.72. The molecule has 1 N–H and O–H groups in total. The second kappa shape index (κ2) is 5.84. The maximum absolute atomic E-state index is 10.9. The highest BCUT2D eigenvalue weighted by Crippen LogP contribution is 2.34. The number of hydrogen-bond donors (Lipinski definition) is 1. The van der Waals surface area contributed by atoms with Crippen LogP contribution in [-0.2, 0) is 0 Å². The fourth-order valence-corrected chi connectivity index (χ4v) is 2.57. The molecule has 0 amide bonds. The number of allylic oxidation sites excluding steroid dienone is 1. The minimum Gasteiger partial charge on any atom is -0.477 e. The third-order valence-electron chi connectivity index (χ3n) is 2.20. The SMILES string of the molecule is C=NN(CC)C(=CC)c1cc(C(=O)O)sc1Cl. The highest BCUT2D eigenvalue weighted by Gasteiger charge is 2.17. The molecule has 0 aromatic carbocycles. The molecule has 0 unspecified atom stereocenters. The maximum Gasteiger partial charge on any atom is 0.345 e. The summed E-state index contributed by atoms with van der Waals surface area (Å²) < 4.78 is 0.442. The van der Waals surface area contributed by atoms with Crippen molar-refractivity contribution in [3.05, 3.63) is 26.9 Å². The zero-order valence-corrected chi connectivity index (χ0v) is 11.2. The minimum absolute atomic E-state index is 0.212. The molecule has 6 heteroatoms. The van der Waals surface area contributed by atoms with Gasteiger partial charge in [-0.25, -0.2) is 4.79 Å². The molecule has 1 aromatic rings. The third-order valence-corrected chi connectivity index (χ3v) is 3.54. The van der Waals surface area contributed by atoms with Crippen LogP contribution in [0, 0.1) is 0 Å². The van der Waals surface area contributed by atoms with Crippen LogP contribution in [0.2, 0.25) is 4.34 Å². The average Bonchev–Trinajstić information content (AvgIpc) is 2.68. The smallest absolute Gasteiger partial charge is 0.345 e. The summed E-state index contributed by atoms with van der Waals surface area (Å²) in [4.78, 5) is 11.1. The van der Waals surface area contributed by atoms with Gasteiger partial charge in [-0.2, -0.15) is 5.10 Å². The number of halogens is 1. The lowest BCUT2D eigenvalue weighted by Gasteiger charge is -2.19. The summed E-state index contributed by atoms with van der Waals surface area (Å²) in [6.45, 7) is 7.89. The van der Waals surface area contributed by atoms with Crippen molar-refractivity contribution in [3.63, 3.8) is 0 Å². The predicted octanol–water partition coefficient (Wildman–Crippen LogP) is 3.40. The molecule has 0 fully saturated rings. The molecule has 92 valence electrons. The molecule has 0 aliphatic carbocycles. The molecule has 0 aliphatic rings. The number of hydrogen-bond acceptors (Lipinski definition) is 4. The van der Waals surface area contributed by atoms with E-state index in [1.54, 1.807) is 11.1 Å². The van der Waals surface area contributed by atoms with Gasteiger partial charge in [-0.15, -0.1) is 11.3 Å². The van der Waals surface area contributed by atoms with Gasteiger partial charge in [-0.3, -0.25) is 5.01 Å². The zero-order chi connectivity index (χ0) is 13.0. The number of nitrogens with zero attached hydrogens (tertiary/aromatic N) is 2. The Labute approximate surface area is 109 Å². The van der Waals surface area contributed by atoms with Crippen molar-refractivity contribution < 1.29 is 9.90 Å². The molecule has 0 saturated carbocycles. The molecule has 0 atom stereocenters. The van der Waals surface area contributed by atoms with Crippen LogP contribution in [0.15, 0.2) is 17.2 Å². The van der Waals surface area contributed by atoms with E-state index >= 15 is 0 Å². The van der Waals surface area contributed by atoms with Crippen LogP contribution in [0.4, 0.5) is 0 Å². The maximum atomic E-state index is 10.9. The standard InChI is InChI=1S/C11H13ClN2O2S/c1-4-8(14(5-2)13-3)7-6-9(11(15)16)17-10(7)12/h4,6H,3,5H2,1-2H3,(H,15,16). The molecule has 17 heavy (non-hydrogen) atoms. The van der Waals surface area contributed by atoms with Gasteiger partial charge in [0.2, 0.25) is 0 Å². The van der Waals surface area contributed by atoms with Crippen molar-refractivity contribution in [2.45, 2.75) is 13.8 Å². The number of aromatic carboxylic acids is 1.